The number of benzene rings is 2. The Labute approximate surface area is 148 Å². The zero-order chi connectivity index (χ0) is 18.1. The zero-order valence-corrected chi connectivity index (χ0v) is 14.2. The summed E-state index contributed by atoms with van der Waals surface area (Å²) < 4.78 is 17.6. The van der Waals surface area contributed by atoms with Crippen LogP contribution in [0.5, 0.6) is 17.2 Å². The van der Waals surface area contributed by atoms with Gasteiger partial charge in [0.25, 0.3) is 0 Å². The van der Waals surface area contributed by atoms with E-state index < -0.39 is 5.60 Å². The maximum absolute atomic E-state index is 10.6. The molecule has 130 valence electrons. The van der Waals surface area contributed by atoms with Gasteiger partial charge in [-0.2, -0.15) is 0 Å². The molecule has 5 nitrogen and oxygen atoms in total. The van der Waals surface area contributed by atoms with Crippen LogP contribution in [-0.4, -0.2) is 15.8 Å². The quantitative estimate of drug-likeness (QED) is 0.479. The molecule has 1 aliphatic heterocycles. The number of rotatable bonds is 1. The molecule has 0 fully saturated rings. The van der Waals surface area contributed by atoms with E-state index in [0.717, 1.165) is 5.39 Å². The van der Waals surface area contributed by atoms with Gasteiger partial charge < -0.3 is 23.8 Å². The van der Waals surface area contributed by atoms with Gasteiger partial charge in [-0.3, -0.25) is 0 Å². The van der Waals surface area contributed by atoms with E-state index in [2.05, 4.69) is 0 Å². The van der Waals surface area contributed by atoms with Gasteiger partial charge in [-0.15, -0.1) is 0 Å². The number of phenolic OH excluding ortho intramolecular Hbond substituents is 2. The monoisotopic (exact) mass is 348 g/mol. The third kappa shape index (κ3) is 2.17. The Morgan fingerprint density at radius 1 is 0.885 bits per heavy atom. The molecular weight excluding hydrogens is 332 g/mol. The Morgan fingerprint density at radius 2 is 1.65 bits per heavy atom. The molecule has 0 aliphatic carbocycles. The van der Waals surface area contributed by atoms with Crippen molar-refractivity contribution in [3.63, 3.8) is 0 Å². The average Bonchev–Trinajstić information content (AvgIpc) is 3.17. The van der Waals surface area contributed by atoms with Crippen LogP contribution in [0.2, 0.25) is 0 Å². The third-order valence-corrected chi connectivity index (χ3v) is 4.57. The van der Waals surface area contributed by atoms with Gasteiger partial charge in [0.15, 0.2) is 11.5 Å². The second kappa shape index (κ2) is 4.85. The van der Waals surface area contributed by atoms with Crippen molar-refractivity contribution in [2.24, 2.45) is 0 Å². The topological polar surface area (TPSA) is 76.0 Å². The summed E-state index contributed by atoms with van der Waals surface area (Å²) in [5.41, 5.74) is 1.28. The van der Waals surface area contributed by atoms with E-state index in [4.69, 9.17) is 13.6 Å². The fourth-order valence-corrected chi connectivity index (χ4v) is 3.27. The molecule has 0 saturated heterocycles. The van der Waals surface area contributed by atoms with Gasteiger partial charge in [0.1, 0.15) is 34.0 Å². The third-order valence-electron chi connectivity index (χ3n) is 4.57. The van der Waals surface area contributed by atoms with Crippen LogP contribution in [0.25, 0.3) is 39.5 Å². The van der Waals surface area contributed by atoms with E-state index in [1.807, 2.05) is 32.1 Å². The lowest BCUT2D eigenvalue weighted by molar-refractivity contribution is 0.158. The number of hydrogen-bond acceptors (Lipinski definition) is 5. The first-order chi connectivity index (χ1) is 12.4. The SMILES string of the molecule is CC1(C)C=Cc2c(cc3oc(-c4cc5ccc(O)cc5o4)cc3c2O)O1. The van der Waals surface area contributed by atoms with Crippen LogP contribution >= 0.6 is 0 Å². The summed E-state index contributed by atoms with van der Waals surface area (Å²) in [5, 5.41) is 21.7. The summed E-state index contributed by atoms with van der Waals surface area (Å²) in [6, 6.07) is 10.3. The van der Waals surface area contributed by atoms with Crippen molar-refractivity contribution in [1.29, 1.82) is 0 Å². The molecule has 3 heterocycles. The van der Waals surface area contributed by atoms with Crippen molar-refractivity contribution < 1.29 is 23.8 Å². The molecule has 0 unspecified atom stereocenters. The van der Waals surface area contributed by atoms with Gasteiger partial charge in [0.2, 0.25) is 0 Å². The van der Waals surface area contributed by atoms with Gasteiger partial charge in [0.05, 0.1) is 10.9 Å². The predicted molar refractivity (Wildman–Crippen MR) is 98.5 cm³/mol. The molecule has 0 amide bonds. The first-order valence-electron chi connectivity index (χ1n) is 8.30. The highest BCUT2D eigenvalue weighted by molar-refractivity contribution is 5.94. The molecule has 5 rings (SSSR count). The van der Waals surface area contributed by atoms with Crippen molar-refractivity contribution in [3.8, 4) is 28.8 Å². The Balaban J connectivity index is 1.68. The predicted octanol–water partition coefficient (Wildman–Crippen LogP) is 5.44. The number of ether oxygens (including phenoxy) is 1. The second-order valence-electron chi connectivity index (χ2n) is 7.03. The Morgan fingerprint density at radius 3 is 2.50 bits per heavy atom. The number of fused-ring (bicyclic) bond motifs is 3. The molecule has 0 bridgehead atoms. The normalized spacial score (nSPS) is 15.3. The molecule has 0 atom stereocenters. The molecule has 26 heavy (non-hydrogen) atoms. The van der Waals surface area contributed by atoms with Gasteiger partial charge in [-0.1, -0.05) is 0 Å². The molecule has 2 N–H and O–H groups in total. The number of phenols is 2. The van der Waals surface area contributed by atoms with Crippen molar-refractivity contribution in [2.75, 3.05) is 0 Å². The molecular formula is C21H16O5. The highest BCUT2D eigenvalue weighted by atomic mass is 16.5. The molecule has 1 aliphatic rings. The highest BCUT2D eigenvalue weighted by Gasteiger charge is 2.26. The van der Waals surface area contributed by atoms with E-state index in [1.54, 1.807) is 30.3 Å². The van der Waals surface area contributed by atoms with Crippen LogP contribution in [-0.2, 0) is 0 Å². The van der Waals surface area contributed by atoms with Gasteiger partial charge in [-0.05, 0) is 50.3 Å². The van der Waals surface area contributed by atoms with Gasteiger partial charge in [0, 0.05) is 17.5 Å². The number of aromatic hydroxyl groups is 2. The molecule has 0 radical (unpaired) electrons. The summed E-state index contributed by atoms with van der Waals surface area (Å²) in [6.07, 6.45) is 3.78. The van der Waals surface area contributed by atoms with E-state index in [0.29, 0.717) is 39.4 Å². The minimum absolute atomic E-state index is 0.119. The highest BCUT2D eigenvalue weighted by Crippen LogP contribution is 2.44. The Bertz CT molecular complexity index is 1210. The van der Waals surface area contributed by atoms with Crippen molar-refractivity contribution in [2.45, 2.75) is 19.4 Å². The van der Waals surface area contributed by atoms with Crippen LogP contribution < -0.4 is 4.74 Å². The molecule has 2 aromatic heterocycles. The van der Waals surface area contributed by atoms with Crippen LogP contribution in [0.3, 0.4) is 0 Å². The fraction of sp³-hybridized carbons (Fsp3) is 0.143. The number of furan rings is 2. The van der Waals surface area contributed by atoms with E-state index >= 15 is 0 Å². The Hall–Kier alpha value is -3.34. The van der Waals surface area contributed by atoms with E-state index in [9.17, 15) is 10.2 Å². The first-order valence-corrected chi connectivity index (χ1v) is 8.30. The minimum Gasteiger partial charge on any atom is -0.508 e. The molecule has 5 heteroatoms. The standard InChI is InChI=1S/C21H16O5/c1-21(2)6-5-13-17(26-21)10-16-14(20(13)23)9-19(25-16)18-7-11-3-4-12(22)8-15(11)24-18/h3-10,22-23H,1-2H3. The lowest BCUT2D eigenvalue weighted by Crippen LogP contribution is -2.27. The first kappa shape index (κ1) is 15.0. The molecule has 4 aromatic rings. The summed E-state index contributed by atoms with van der Waals surface area (Å²) >= 11 is 0. The van der Waals surface area contributed by atoms with Crippen molar-refractivity contribution in [1.82, 2.24) is 0 Å². The van der Waals surface area contributed by atoms with Crippen LogP contribution in [0.4, 0.5) is 0 Å². The van der Waals surface area contributed by atoms with Crippen LogP contribution in [0.1, 0.15) is 19.4 Å². The molecule has 2 aromatic carbocycles. The number of hydrogen-bond donors (Lipinski definition) is 2. The van der Waals surface area contributed by atoms with E-state index in [1.165, 1.54) is 0 Å². The summed E-state index contributed by atoms with van der Waals surface area (Å²) in [6.45, 7) is 3.90. The van der Waals surface area contributed by atoms with Gasteiger partial charge >= 0.3 is 0 Å². The van der Waals surface area contributed by atoms with Gasteiger partial charge in [-0.25, -0.2) is 0 Å². The summed E-state index contributed by atoms with van der Waals surface area (Å²) in [5.74, 6) is 1.86. The maximum Gasteiger partial charge on any atom is 0.170 e. The lowest BCUT2D eigenvalue weighted by atomic mass is 10.0. The second-order valence-corrected chi connectivity index (χ2v) is 7.03. The molecule has 0 spiro atoms. The molecule has 0 saturated carbocycles. The fourth-order valence-electron chi connectivity index (χ4n) is 3.27. The minimum atomic E-state index is -0.441. The van der Waals surface area contributed by atoms with Crippen molar-refractivity contribution in [3.05, 3.63) is 48.0 Å². The smallest absolute Gasteiger partial charge is 0.170 e. The maximum atomic E-state index is 10.6. The Kier molecular flexibility index (Phi) is 2.79. The van der Waals surface area contributed by atoms with E-state index in [-0.39, 0.29) is 11.5 Å². The lowest BCUT2D eigenvalue weighted by Gasteiger charge is -2.28. The van der Waals surface area contributed by atoms with Crippen LogP contribution in [0, 0.1) is 0 Å². The average molecular weight is 348 g/mol. The summed E-state index contributed by atoms with van der Waals surface area (Å²) in [7, 11) is 0. The zero-order valence-electron chi connectivity index (χ0n) is 14.2. The van der Waals surface area contributed by atoms with Crippen LogP contribution in [0.15, 0.2) is 51.3 Å². The summed E-state index contributed by atoms with van der Waals surface area (Å²) in [4.78, 5) is 0. The van der Waals surface area contributed by atoms with Crippen molar-refractivity contribution >= 4 is 28.0 Å². The largest absolute Gasteiger partial charge is 0.508 e.